The highest BCUT2D eigenvalue weighted by molar-refractivity contribution is 5.98. The van der Waals surface area contributed by atoms with E-state index < -0.39 is 5.63 Å². The fourth-order valence-electron chi connectivity index (χ4n) is 5.02. The van der Waals surface area contributed by atoms with Crippen LogP contribution in [0.25, 0.3) is 11.0 Å². The molecule has 0 radical (unpaired) electrons. The van der Waals surface area contributed by atoms with Crippen molar-refractivity contribution in [3.63, 3.8) is 0 Å². The van der Waals surface area contributed by atoms with Crippen molar-refractivity contribution in [2.24, 2.45) is 5.92 Å². The second-order valence-electron chi connectivity index (χ2n) is 9.41. The molecule has 3 aromatic rings. The molecular formula is C27H31N2O4+. The number of quaternary nitrogens is 1. The van der Waals surface area contributed by atoms with E-state index in [-0.39, 0.29) is 5.91 Å². The molecule has 0 aliphatic carbocycles. The summed E-state index contributed by atoms with van der Waals surface area (Å²) in [5, 5.41) is 0.854. The van der Waals surface area contributed by atoms with Crippen molar-refractivity contribution < 1.29 is 18.8 Å². The molecule has 2 aliphatic heterocycles. The first-order valence-corrected chi connectivity index (χ1v) is 12.0. The second kappa shape index (κ2) is 9.40. The van der Waals surface area contributed by atoms with E-state index in [0.717, 1.165) is 67.0 Å². The van der Waals surface area contributed by atoms with Gasteiger partial charge in [0.2, 0.25) is 0 Å². The van der Waals surface area contributed by atoms with Crippen molar-refractivity contribution in [1.82, 2.24) is 0 Å². The van der Waals surface area contributed by atoms with E-state index in [0.29, 0.717) is 31.0 Å². The van der Waals surface area contributed by atoms with E-state index in [1.807, 2.05) is 42.5 Å². The number of aryl methyl sites for hydroxylation is 1. The molecule has 1 N–H and O–H groups in total. The second-order valence-corrected chi connectivity index (χ2v) is 9.41. The molecule has 6 nitrogen and oxygen atoms in total. The number of fused-ring (bicyclic) bond motifs is 3. The Morgan fingerprint density at radius 2 is 1.94 bits per heavy atom. The summed E-state index contributed by atoms with van der Waals surface area (Å²) in [7, 11) is 0. The first-order chi connectivity index (χ1) is 16.1. The maximum atomic E-state index is 13.2. The molecule has 0 bridgehead atoms. The number of piperidine rings is 1. The Bertz CT molecular complexity index is 1200. The first kappa shape index (κ1) is 21.7. The van der Waals surface area contributed by atoms with Crippen LogP contribution in [0.2, 0.25) is 0 Å². The highest BCUT2D eigenvalue weighted by Gasteiger charge is 2.31. The van der Waals surface area contributed by atoms with Crippen molar-refractivity contribution in [3.05, 3.63) is 70.1 Å². The van der Waals surface area contributed by atoms with Gasteiger partial charge in [-0.05, 0) is 60.9 Å². The third-order valence-corrected chi connectivity index (χ3v) is 6.97. The zero-order chi connectivity index (χ0) is 22.8. The topological polar surface area (TPSA) is 64.2 Å². The third kappa shape index (κ3) is 4.67. The molecule has 172 valence electrons. The van der Waals surface area contributed by atoms with Gasteiger partial charge in [-0.25, -0.2) is 4.79 Å². The molecule has 0 unspecified atom stereocenters. The average molecular weight is 448 g/mol. The molecule has 0 saturated carbocycles. The normalized spacial score (nSPS) is 20.5. The fourth-order valence-corrected chi connectivity index (χ4v) is 5.02. The van der Waals surface area contributed by atoms with E-state index in [9.17, 15) is 9.59 Å². The van der Waals surface area contributed by atoms with Crippen LogP contribution in [0.3, 0.4) is 0 Å². The summed E-state index contributed by atoms with van der Waals surface area (Å²) in [6.07, 6.45) is 3.88. The smallest absolute Gasteiger partial charge is 0.360 e. The molecule has 2 aliphatic rings. The number of amides is 1. The number of hydrogen-bond acceptors (Lipinski definition) is 4. The number of likely N-dealkylation sites (tertiary alicyclic amines) is 1. The summed E-state index contributed by atoms with van der Waals surface area (Å²) >= 11 is 0. The van der Waals surface area contributed by atoms with Gasteiger partial charge in [-0.2, -0.15) is 0 Å². The minimum absolute atomic E-state index is 0.0173. The van der Waals surface area contributed by atoms with Crippen LogP contribution < -0.4 is 20.2 Å². The molecule has 1 amide bonds. The van der Waals surface area contributed by atoms with Crippen LogP contribution in [-0.2, 0) is 17.8 Å². The van der Waals surface area contributed by atoms with Gasteiger partial charge in [0, 0.05) is 11.9 Å². The maximum Gasteiger partial charge on any atom is 0.360 e. The predicted octanol–water partition coefficient (Wildman–Crippen LogP) is 2.97. The van der Waals surface area contributed by atoms with Crippen molar-refractivity contribution in [3.8, 4) is 5.75 Å². The Hall–Kier alpha value is -3.12. The van der Waals surface area contributed by atoms with Gasteiger partial charge in [0.25, 0.3) is 5.91 Å². The number of benzene rings is 2. The molecule has 1 aromatic heterocycles. The highest BCUT2D eigenvalue weighted by atomic mass is 16.5. The zero-order valence-corrected chi connectivity index (χ0v) is 19.1. The van der Waals surface area contributed by atoms with E-state index in [1.165, 1.54) is 4.90 Å². The van der Waals surface area contributed by atoms with E-state index >= 15 is 0 Å². The van der Waals surface area contributed by atoms with Gasteiger partial charge in [0.1, 0.15) is 23.6 Å². The number of nitrogens with one attached hydrogen (secondary N) is 1. The van der Waals surface area contributed by atoms with Crippen LogP contribution in [0, 0.1) is 5.92 Å². The molecule has 1 saturated heterocycles. The predicted molar refractivity (Wildman–Crippen MR) is 128 cm³/mol. The number of carbonyl (C=O) groups is 1. The number of hydrogen-bond donors (Lipinski definition) is 1. The summed E-state index contributed by atoms with van der Waals surface area (Å²) in [5.41, 5.74) is 2.52. The zero-order valence-electron chi connectivity index (χ0n) is 19.1. The van der Waals surface area contributed by atoms with Crippen molar-refractivity contribution in [2.45, 2.75) is 39.2 Å². The standard InChI is InChI=1S/C27H30N2O4/c1-19-11-14-28(15-12-19)17-25(30)29-13-5-8-22-23-16-21(32-18-20-6-3-2-4-7-20)9-10-24(23)33-27(31)26(22)29/h2-4,6-7,9-10,16,19H,5,8,11-15,17-18H2,1H3/p+1. The Labute approximate surface area is 193 Å². The van der Waals surface area contributed by atoms with Crippen LogP contribution in [0.15, 0.2) is 57.7 Å². The number of nitrogens with zero attached hydrogens (tertiary/aromatic N) is 1. The lowest BCUT2D eigenvalue weighted by Gasteiger charge is -2.32. The van der Waals surface area contributed by atoms with Gasteiger partial charge in [-0.1, -0.05) is 37.3 Å². The Morgan fingerprint density at radius 3 is 2.73 bits per heavy atom. The number of anilines is 1. The maximum absolute atomic E-state index is 13.2. The Balaban J connectivity index is 1.41. The van der Waals surface area contributed by atoms with E-state index in [4.69, 9.17) is 9.15 Å². The van der Waals surface area contributed by atoms with Crippen LogP contribution in [0.5, 0.6) is 5.75 Å². The van der Waals surface area contributed by atoms with Gasteiger partial charge in [-0.3, -0.25) is 4.79 Å². The summed E-state index contributed by atoms with van der Waals surface area (Å²) < 4.78 is 11.7. The van der Waals surface area contributed by atoms with Crippen LogP contribution in [0.4, 0.5) is 5.69 Å². The van der Waals surface area contributed by atoms with Crippen molar-refractivity contribution in [1.29, 1.82) is 0 Å². The fraction of sp³-hybridized carbons (Fsp3) is 0.407. The summed E-state index contributed by atoms with van der Waals surface area (Å²) in [5.74, 6) is 1.47. The Kier molecular flexibility index (Phi) is 6.18. The third-order valence-electron chi connectivity index (χ3n) is 6.97. The minimum atomic E-state index is -0.425. The molecule has 1 fully saturated rings. The Morgan fingerprint density at radius 1 is 1.15 bits per heavy atom. The molecule has 2 aromatic carbocycles. The lowest BCUT2D eigenvalue weighted by molar-refractivity contribution is -0.898. The lowest BCUT2D eigenvalue weighted by atomic mass is 9.98. The highest BCUT2D eigenvalue weighted by Crippen LogP contribution is 2.33. The van der Waals surface area contributed by atoms with Gasteiger partial charge in [0.05, 0.1) is 13.1 Å². The van der Waals surface area contributed by atoms with Crippen molar-refractivity contribution >= 4 is 22.6 Å². The lowest BCUT2D eigenvalue weighted by Crippen LogP contribution is -3.14. The molecular weight excluding hydrogens is 416 g/mol. The largest absolute Gasteiger partial charge is 0.489 e. The van der Waals surface area contributed by atoms with E-state index in [2.05, 4.69) is 6.92 Å². The average Bonchev–Trinajstić information content (AvgIpc) is 2.84. The van der Waals surface area contributed by atoms with Gasteiger partial charge in [-0.15, -0.1) is 0 Å². The number of carbonyl (C=O) groups excluding carboxylic acids is 1. The van der Waals surface area contributed by atoms with Crippen LogP contribution in [-0.4, -0.2) is 32.1 Å². The molecule has 3 heterocycles. The van der Waals surface area contributed by atoms with Crippen LogP contribution >= 0.6 is 0 Å². The molecule has 6 heteroatoms. The SMILES string of the molecule is CC1CC[NH+](CC(=O)N2CCCc3c2c(=O)oc2ccc(OCc4ccccc4)cc32)CC1. The van der Waals surface area contributed by atoms with E-state index in [1.54, 1.807) is 11.0 Å². The van der Waals surface area contributed by atoms with Crippen LogP contribution in [0.1, 0.15) is 37.3 Å². The quantitative estimate of drug-likeness (QED) is 0.611. The van der Waals surface area contributed by atoms with Crippen molar-refractivity contribution in [2.75, 3.05) is 31.1 Å². The first-order valence-electron chi connectivity index (χ1n) is 12.0. The monoisotopic (exact) mass is 447 g/mol. The molecule has 5 rings (SSSR count). The summed E-state index contributed by atoms with van der Waals surface area (Å²) in [6, 6.07) is 15.6. The van der Waals surface area contributed by atoms with Gasteiger partial charge >= 0.3 is 5.63 Å². The van der Waals surface area contributed by atoms with Gasteiger partial charge < -0.3 is 19.0 Å². The van der Waals surface area contributed by atoms with Gasteiger partial charge in [0.15, 0.2) is 6.54 Å². The minimum Gasteiger partial charge on any atom is -0.489 e. The molecule has 33 heavy (non-hydrogen) atoms. The number of ether oxygens (including phenoxy) is 1. The number of rotatable bonds is 5. The summed E-state index contributed by atoms with van der Waals surface area (Å²) in [6.45, 7) is 5.77. The summed E-state index contributed by atoms with van der Waals surface area (Å²) in [4.78, 5) is 29.1. The molecule has 0 atom stereocenters. The molecule has 0 spiro atoms.